The second-order valence-corrected chi connectivity index (χ2v) is 3.89. The zero-order valence-electron chi connectivity index (χ0n) is 11.8. The number of ether oxygens (including phenoxy) is 4. The van der Waals surface area contributed by atoms with E-state index in [0.717, 1.165) is 0 Å². The largest absolute Gasteiger partial charge is 0.508 e. The number of rotatable bonds is 10. The Bertz CT molecular complexity index is 321. The standard InChI is InChI=1S/C12H22N2O6/c1-9(13)14-5-4-6-19-11(15)10(7-17-2)8-20-12(16)18-3/h10,14H,1,4-8,13H2,2-3H3. The van der Waals surface area contributed by atoms with Gasteiger partial charge in [-0.2, -0.15) is 0 Å². The third-order valence-electron chi connectivity index (χ3n) is 2.19. The molecule has 1 unspecified atom stereocenters. The van der Waals surface area contributed by atoms with Gasteiger partial charge in [-0.3, -0.25) is 4.79 Å². The van der Waals surface area contributed by atoms with Crippen molar-refractivity contribution in [3.63, 3.8) is 0 Å². The van der Waals surface area contributed by atoms with E-state index in [4.69, 9.17) is 19.9 Å². The smallest absolute Gasteiger partial charge is 0.465 e. The highest BCUT2D eigenvalue weighted by molar-refractivity contribution is 5.73. The fourth-order valence-electron chi connectivity index (χ4n) is 1.22. The fourth-order valence-corrected chi connectivity index (χ4v) is 1.22. The molecule has 0 saturated carbocycles. The SMILES string of the molecule is C=C(N)NCCCOC(=O)C(COC)COC(=O)OC. The number of nitrogens with two attached hydrogens (primary N) is 1. The molecule has 0 aromatic rings. The van der Waals surface area contributed by atoms with E-state index in [-0.39, 0.29) is 19.8 Å². The van der Waals surface area contributed by atoms with Crippen LogP contribution in [0.15, 0.2) is 12.4 Å². The Balaban J connectivity index is 3.96. The van der Waals surface area contributed by atoms with Crippen molar-refractivity contribution in [2.45, 2.75) is 6.42 Å². The van der Waals surface area contributed by atoms with Crippen molar-refractivity contribution >= 4 is 12.1 Å². The summed E-state index contributed by atoms with van der Waals surface area (Å²) in [6.07, 6.45) is -0.274. The van der Waals surface area contributed by atoms with Crippen LogP contribution in [0.1, 0.15) is 6.42 Å². The molecule has 1 atom stereocenters. The topological polar surface area (TPSA) is 109 Å². The molecule has 0 aliphatic heterocycles. The van der Waals surface area contributed by atoms with Crippen LogP contribution in [0, 0.1) is 5.92 Å². The first-order chi connectivity index (χ1) is 9.51. The molecule has 0 radical (unpaired) electrons. The minimum atomic E-state index is -0.857. The molecule has 0 saturated heterocycles. The number of carbonyl (C=O) groups is 2. The molecule has 8 nitrogen and oxygen atoms in total. The summed E-state index contributed by atoms with van der Waals surface area (Å²) >= 11 is 0. The molecule has 0 aliphatic rings. The molecule has 0 fully saturated rings. The predicted octanol–water partition coefficient (Wildman–Crippen LogP) is -0.0152. The molecular formula is C12H22N2O6. The molecule has 0 rings (SSSR count). The molecule has 0 spiro atoms. The Morgan fingerprint density at radius 3 is 2.50 bits per heavy atom. The highest BCUT2D eigenvalue weighted by Gasteiger charge is 2.22. The summed E-state index contributed by atoms with van der Waals surface area (Å²) < 4.78 is 18.9. The Labute approximate surface area is 118 Å². The second-order valence-electron chi connectivity index (χ2n) is 3.89. The van der Waals surface area contributed by atoms with Gasteiger partial charge in [-0.05, 0) is 6.42 Å². The molecule has 8 heteroatoms. The van der Waals surface area contributed by atoms with Crippen molar-refractivity contribution in [1.29, 1.82) is 0 Å². The van der Waals surface area contributed by atoms with Crippen LogP contribution in [-0.2, 0) is 23.7 Å². The molecule has 116 valence electrons. The fraction of sp³-hybridized carbons (Fsp3) is 0.667. The minimum absolute atomic E-state index is 0.0910. The molecule has 0 amide bonds. The predicted molar refractivity (Wildman–Crippen MR) is 70.6 cm³/mol. The molecule has 3 N–H and O–H groups in total. The first-order valence-electron chi connectivity index (χ1n) is 6.05. The van der Waals surface area contributed by atoms with Crippen molar-refractivity contribution in [3.8, 4) is 0 Å². The summed E-state index contributed by atoms with van der Waals surface area (Å²) in [4.78, 5) is 22.6. The summed E-state index contributed by atoms with van der Waals surface area (Å²) in [5.41, 5.74) is 5.31. The monoisotopic (exact) mass is 290 g/mol. The van der Waals surface area contributed by atoms with Crippen LogP contribution in [-0.4, -0.2) is 52.7 Å². The van der Waals surface area contributed by atoms with Gasteiger partial charge in [-0.1, -0.05) is 6.58 Å². The van der Waals surface area contributed by atoms with Crippen molar-refractivity contribution < 1.29 is 28.5 Å². The number of carbonyl (C=O) groups excluding carboxylic acids is 2. The van der Waals surface area contributed by atoms with E-state index < -0.39 is 18.0 Å². The van der Waals surface area contributed by atoms with Crippen LogP contribution in [0.3, 0.4) is 0 Å². The molecule has 0 bridgehead atoms. The maximum absolute atomic E-state index is 11.7. The maximum Gasteiger partial charge on any atom is 0.508 e. The molecular weight excluding hydrogens is 268 g/mol. The van der Waals surface area contributed by atoms with Gasteiger partial charge in [0.2, 0.25) is 0 Å². The number of hydrogen-bond acceptors (Lipinski definition) is 8. The van der Waals surface area contributed by atoms with Crippen molar-refractivity contribution in [2.24, 2.45) is 11.7 Å². The van der Waals surface area contributed by atoms with Gasteiger partial charge >= 0.3 is 12.1 Å². The van der Waals surface area contributed by atoms with Gasteiger partial charge < -0.3 is 30.0 Å². The summed E-state index contributed by atoms with van der Waals surface area (Å²) in [5.74, 6) is -0.820. The van der Waals surface area contributed by atoms with E-state index in [1.807, 2.05) is 0 Å². The number of methoxy groups -OCH3 is 2. The van der Waals surface area contributed by atoms with Crippen LogP contribution in [0.25, 0.3) is 0 Å². The van der Waals surface area contributed by atoms with E-state index in [1.54, 1.807) is 0 Å². The zero-order valence-corrected chi connectivity index (χ0v) is 11.8. The van der Waals surface area contributed by atoms with Crippen LogP contribution in [0.5, 0.6) is 0 Å². The van der Waals surface area contributed by atoms with E-state index in [1.165, 1.54) is 14.2 Å². The maximum atomic E-state index is 11.7. The summed E-state index contributed by atoms with van der Waals surface area (Å²) in [5, 5.41) is 2.80. The Hall–Kier alpha value is -1.96. The van der Waals surface area contributed by atoms with Gasteiger partial charge in [-0.25, -0.2) is 4.79 Å². The third kappa shape index (κ3) is 9.03. The van der Waals surface area contributed by atoms with Crippen LogP contribution < -0.4 is 11.1 Å². The molecule has 0 aliphatic carbocycles. The van der Waals surface area contributed by atoms with Crippen molar-refractivity contribution in [1.82, 2.24) is 5.32 Å². The number of esters is 1. The van der Waals surface area contributed by atoms with E-state index in [9.17, 15) is 9.59 Å². The lowest BCUT2D eigenvalue weighted by molar-refractivity contribution is -0.152. The van der Waals surface area contributed by atoms with Gasteiger partial charge in [-0.15, -0.1) is 0 Å². The zero-order chi connectivity index (χ0) is 15.4. The average Bonchev–Trinajstić information content (AvgIpc) is 2.41. The van der Waals surface area contributed by atoms with Crippen molar-refractivity contribution in [3.05, 3.63) is 12.4 Å². The van der Waals surface area contributed by atoms with Crippen LogP contribution in [0.2, 0.25) is 0 Å². The van der Waals surface area contributed by atoms with Crippen LogP contribution in [0.4, 0.5) is 4.79 Å². The van der Waals surface area contributed by atoms with Gasteiger partial charge in [0, 0.05) is 13.7 Å². The first kappa shape index (κ1) is 18.0. The normalized spacial score (nSPS) is 11.3. The number of nitrogens with one attached hydrogen (secondary N) is 1. The van der Waals surface area contributed by atoms with Gasteiger partial charge in [0.05, 0.1) is 26.1 Å². The Kier molecular flexibility index (Phi) is 9.85. The molecule has 0 heterocycles. The first-order valence-corrected chi connectivity index (χ1v) is 6.05. The highest BCUT2D eigenvalue weighted by Crippen LogP contribution is 2.03. The Morgan fingerprint density at radius 1 is 1.25 bits per heavy atom. The van der Waals surface area contributed by atoms with Crippen molar-refractivity contribution in [2.75, 3.05) is 40.6 Å². The molecule has 0 aromatic heterocycles. The third-order valence-corrected chi connectivity index (χ3v) is 2.19. The summed E-state index contributed by atoms with van der Waals surface area (Å²) in [6, 6.07) is 0. The summed E-state index contributed by atoms with van der Waals surface area (Å²) in [7, 11) is 2.62. The van der Waals surface area contributed by atoms with Gasteiger partial charge in [0.1, 0.15) is 12.5 Å². The van der Waals surface area contributed by atoms with Crippen LogP contribution >= 0.6 is 0 Å². The molecule has 20 heavy (non-hydrogen) atoms. The highest BCUT2D eigenvalue weighted by atomic mass is 16.7. The summed E-state index contributed by atoms with van der Waals surface area (Å²) in [6.45, 7) is 4.18. The van der Waals surface area contributed by atoms with Gasteiger partial charge in [0.15, 0.2) is 0 Å². The van der Waals surface area contributed by atoms with E-state index in [0.29, 0.717) is 18.8 Å². The van der Waals surface area contributed by atoms with E-state index >= 15 is 0 Å². The quantitative estimate of drug-likeness (QED) is 0.427. The molecule has 0 aromatic carbocycles. The van der Waals surface area contributed by atoms with E-state index in [2.05, 4.69) is 16.6 Å². The van der Waals surface area contributed by atoms with Gasteiger partial charge in [0.25, 0.3) is 0 Å². The number of hydrogen-bond donors (Lipinski definition) is 2. The minimum Gasteiger partial charge on any atom is -0.465 e. The lowest BCUT2D eigenvalue weighted by atomic mass is 10.2. The Morgan fingerprint density at radius 2 is 1.95 bits per heavy atom. The second kappa shape index (κ2) is 10.9. The lowest BCUT2D eigenvalue weighted by Crippen LogP contribution is -2.29. The lowest BCUT2D eigenvalue weighted by Gasteiger charge is -2.15. The average molecular weight is 290 g/mol.